The first-order chi connectivity index (χ1) is 16.6. The Hall–Kier alpha value is -3.16. The molecule has 0 N–H and O–H groups in total. The van der Waals surface area contributed by atoms with Gasteiger partial charge < -0.3 is 28.5 Å². The fourth-order valence-electron chi connectivity index (χ4n) is 3.99. The van der Waals surface area contributed by atoms with Crippen molar-refractivity contribution in [2.75, 3.05) is 4.90 Å². The number of aldehydes is 1. The molecule has 0 aromatic carbocycles. The number of carbonyl (C=O) groups excluding carboxylic acids is 3. The van der Waals surface area contributed by atoms with Crippen molar-refractivity contribution in [1.82, 2.24) is 19.5 Å². The first-order valence-corrected chi connectivity index (χ1v) is 11.5. The van der Waals surface area contributed by atoms with Gasteiger partial charge in [-0.15, -0.1) is 0 Å². The van der Waals surface area contributed by atoms with E-state index < -0.39 is 53.7 Å². The minimum absolute atomic E-state index is 0.113. The number of carbonyl (C=O) groups is 3. The summed E-state index contributed by atoms with van der Waals surface area (Å²) < 4.78 is 30.2. The summed E-state index contributed by atoms with van der Waals surface area (Å²) in [5.74, 6) is -1.05. The Bertz CT molecular complexity index is 1150. The molecule has 36 heavy (non-hydrogen) atoms. The van der Waals surface area contributed by atoms with Crippen LogP contribution < -0.4 is 4.90 Å². The molecule has 2 amide bonds. The molecule has 0 spiro atoms. The third kappa shape index (κ3) is 5.04. The normalized spacial score (nSPS) is 25.4. The summed E-state index contributed by atoms with van der Waals surface area (Å²) >= 11 is 0. The van der Waals surface area contributed by atoms with Gasteiger partial charge in [-0.25, -0.2) is 24.5 Å². The largest absolute Gasteiger partial charge is 0.443 e. The van der Waals surface area contributed by atoms with Gasteiger partial charge in [-0.3, -0.25) is 4.57 Å². The molecule has 0 unspecified atom stereocenters. The van der Waals surface area contributed by atoms with E-state index in [0.29, 0.717) is 11.2 Å². The van der Waals surface area contributed by atoms with Crippen LogP contribution in [0.2, 0.25) is 0 Å². The number of ether oxygens (including phenoxy) is 5. The molecule has 4 atom stereocenters. The molecule has 0 saturated carbocycles. The van der Waals surface area contributed by atoms with Crippen LogP contribution in [-0.4, -0.2) is 73.3 Å². The number of fused-ring (bicyclic) bond motifs is 2. The molecule has 13 heteroatoms. The van der Waals surface area contributed by atoms with Gasteiger partial charge in [0.1, 0.15) is 35.8 Å². The van der Waals surface area contributed by atoms with Gasteiger partial charge in [0.15, 0.2) is 35.3 Å². The molecule has 2 aromatic rings. The van der Waals surface area contributed by atoms with Crippen LogP contribution in [0.1, 0.15) is 61.6 Å². The first-order valence-electron chi connectivity index (χ1n) is 11.5. The van der Waals surface area contributed by atoms with E-state index in [4.69, 9.17) is 23.7 Å². The Morgan fingerprint density at radius 1 is 1.00 bits per heavy atom. The Balaban J connectivity index is 1.77. The van der Waals surface area contributed by atoms with Crippen LogP contribution in [0.25, 0.3) is 11.2 Å². The molecule has 196 valence electrons. The van der Waals surface area contributed by atoms with Crippen LogP contribution in [-0.2, 0) is 28.5 Å². The number of imidazole rings is 1. The highest BCUT2D eigenvalue weighted by Gasteiger charge is 2.56. The van der Waals surface area contributed by atoms with E-state index in [9.17, 15) is 14.4 Å². The number of nitrogens with zero attached hydrogens (tertiary/aromatic N) is 5. The molecule has 0 aliphatic carbocycles. The molecule has 2 aliphatic rings. The third-order valence-electron chi connectivity index (χ3n) is 5.18. The lowest BCUT2D eigenvalue weighted by molar-refractivity contribution is -0.194. The van der Waals surface area contributed by atoms with Crippen molar-refractivity contribution < 1.29 is 38.1 Å². The van der Waals surface area contributed by atoms with Crippen LogP contribution in [0.15, 0.2) is 12.7 Å². The molecule has 2 aromatic heterocycles. The maximum atomic E-state index is 13.1. The zero-order chi connectivity index (χ0) is 26.6. The Kier molecular flexibility index (Phi) is 6.30. The SMILES string of the molecule is CC(C)(C)OC(=O)N(C(=O)OC(C)(C)C)c1ncnc2c1ncn2[C@H]1O[C@@H](C=O)[C@H]2OC(C)(C)O[C@H]21. The number of anilines is 1. The van der Waals surface area contributed by atoms with E-state index in [1.807, 2.05) is 0 Å². The van der Waals surface area contributed by atoms with Gasteiger partial charge in [0, 0.05) is 0 Å². The van der Waals surface area contributed by atoms with Crippen molar-refractivity contribution in [3.05, 3.63) is 12.7 Å². The predicted octanol–water partition coefficient (Wildman–Crippen LogP) is 3.12. The average Bonchev–Trinajstić information content (AvgIpc) is 3.36. The molecule has 2 saturated heterocycles. The zero-order valence-corrected chi connectivity index (χ0v) is 21.5. The van der Waals surface area contributed by atoms with E-state index >= 15 is 0 Å². The van der Waals surface area contributed by atoms with E-state index in [0.717, 1.165) is 0 Å². The molecular formula is C23H31N5O8. The van der Waals surface area contributed by atoms with Gasteiger partial charge in [-0.2, -0.15) is 4.90 Å². The maximum Gasteiger partial charge on any atom is 0.425 e. The number of rotatable bonds is 3. The molecule has 2 fully saturated rings. The molecule has 4 heterocycles. The summed E-state index contributed by atoms with van der Waals surface area (Å²) in [7, 11) is 0. The van der Waals surface area contributed by atoms with Crippen molar-refractivity contribution in [2.45, 2.75) is 96.9 Å². The fraction of sp³-hybridized carbons (Fsp3) is 0.652. The van der Waals surface area contributed by atoms with Gasteiger partial charge >= 0.3 is 12.2 Å². The average molecular weight is 506 g/mol. The first kappa shape index (κ1) is 25.9. The van der Waals surface area contributed by atoms with Gasteiger partial charge in [-0.1, -0.05) is 0 Å². The van der Waals surface area contributed by atoms with Crippen LogP contribution in [0, 0.1) is 0 Å². The fourth-order valence-corrected chi connectivity index (χ4v) is 3.99. The quantitative estimate of drug-likeness (QED) is 0.567. The second kappa shape index (κ2) is 8.75. The summed E-state index contributed by atoms with van der Waals surface area (Å²) in [5.41, 5.74) is -1.44. The van der Waals surface area contributed by atoms with Gasteiger partial charge in [0.2, 0.25) is 0 Å². The van der Waals surface area contributed by atoms with Gasteiger partial charge in [0.05, 0.1) is 6.33 Å². The molecular weight excluding hydrogens is 474 g/mol. The van der Waals surface area contributed by atoms with Gasteiger partial charge in [-0.05, 0) is 55.4 Å². The minimum Gasteiger partial charge on any atom is -0.443 e. The smallest absolute Gasteiger partial charge is 0.425 e. The number of aromatic nitrogens is 4. The second-order valence-corrected chi connectivity index (χ2v) is 11.0. The highest BCUT2D eigenvalue weighted by molar-refractivity contribution is 6.12. The second-order valence-electron chi connectivity index (χ2n) is 11.0. The monoisotopic (exact) mass is 505 g/mol. The summed E-state index contributed by atoms with van der Waals surface area (Å²) in [6.07, 6.45) is -1.64. The topological polar surface area (TPSA) is 144 Å². The molecule has 13 nitrogen and oxygen atoms in total. The molecule has 4 rings (SSSR count). The zero-order valence-electron chi connectivity index (χ0n) is 21.5. The standard InChI is InChI=1S/C23H31N5O8/c1-21(2,3)35-19(30)28(20(31)36-22(4,5)6)17-13-16(24-10-25-17)27(11-26-13)18-15-14(12(9-29)32-18)33-23(7,8)34-15/h9-12,14-15,18H,1-8H3/t12-,14+,15+,18-/m0/s1. The predicted molar refractivity (Wildman–Crippen MR) is 124 cm³/mol. The van der Waals surface area contributed by atoms with E-state index in [-0.39, 0.29) is 17.0 Å². The van der Waals surface area contributed by atoms with Crippen molar-refractivity contribution in [3.63, 3.8) is 0 Å². The van der Waals surface area contributed by atoms with Crippen LogP contribution in [0.3, 0.4) is 0 Å². The maximum absolute atomic E-state index is 13.1. The highest BCUT2D eigenvalue weighted by atomic mass is 16.8. The minimum atomic E-state index is -0.987. The van der Waals surface area contributed by atoms with Crippen molar-refractivity contribution >= 4 is 35.5 Å². The number of hydrogen-bond acceptors (Lipinski definition) is 11. The van der Waals surface area contributed by atoms with Crippen LogP contribution in [0.5, 0.6) is 0 Å². The van der Waals surface area contributed by atoms with Crippen molar-refractivity contribution in [2.24, 2.45) is 0 Å². The van der Waals surface area contributed by atoms with E-state index in [1.54, 1.807) is 60.0 Å². The number of imide groups is 1. The van der Waals surface area contributed by atoms with E-state index in [2.05, 4.69) is 15.0 Å². The molecule has 2 aliphatic heterocycles. The third-order valence-corrected chi connectivity index (χ3v) is 5.18. The number of amides is 2. The summed E-state index contributed by atoms with van der Waals surface area (Å²) in [6, 6.07) is 0. The Morgan fingerprint density at radius 2 is 1.58 bits per heavy atom. The summed E-state index contributed by atoms with van der Waals surface area (Å²) in [6.45, 7) is 13.5. The lowest BCUT2D eigenvalue weighted by Gasteiger charge is -2.28. The van der Waals surface area contributed by atoms with Crippen LogP contribution >= 0.6 is 0 Å². The van der Waals surface area contributed by atoms with Crippen molar-refractivity contribution in [1.29, 1.82) is 0 Å². The van der Waals surface area contributed by atoms with E-state index in [1.165, 1.54) is 12.7 Å². The van der Waals surface area contributed by atoms with Crippen molar-refractivity contribution in [3.8, 4) is 0 Å². The summed E-state index contributed by atoms with van der Waals surface area (Å²) in [5, 5.41) is 0. The van der Waals surface area contributed by atoms with Gasteiger partial charge in [0.25, 0.3) is 0 Å². The lowest BCUT2D eigenvalue weighted by atomic mass is 10.1. The summed E-state index contributed by atoms with van der Waals surface area (Å²) in [4.78, 5) is 51.3. The molecule has 0 radical (unpaired) electrons. The molecule has 0 bridgehead atoms. The number of hydrogen-bond donors (Lipinski definition) is 0. The highest BCUT2D eigenvalue weighted by Crippen LogP contribution is 2.43. The van der Waals surface area contributed by atoms with Crippen LogP contribution in [0.4, 0.5) is 15.4 Å². The Morgan fingerprint density at radius 3 is 2.14 bits per heavy atom. The Labute approximate surface area is 208 Å². The lowest BCUT2D eigenvalue weighted by Crippen LogP contribution is -2.44.